The van der Waals surface area contributed by atoms with Crippen molar-refractivity contribution in [3.63, 3.8) is 0 Å². The van der Waals surface area contributed by atoms with E-state index in [0.29, 0.717) is 12.0 Å². The predicted octanol–water partition coefficient (Wildman–Crippen LogP) is 2.90. The molecule has 3 heteroatoms. The minimum atomic E-state index is 0.650. The van der Waals surface area contributed by atoms with Crippen LogP contribution in [0.1, 0.15) is 53.4 Å². The Balaban J connectivity index is 2.23. The van der Waals surface area contributed by atoms with Gasteiger partial charge in [-0.25, -0.2) is 0 Å². The normalized spacial score (nSPS) is 25.1. The molecule has 0 radical (unpaired) electrons. The Morgan fingerprint density at radius 2 is 2.11 bits per heavy atom. The van der Waals surface area contributed by atoms with Gasteiger partial charge in [0.1, 0.15) is 0 Å². The molecular formula is C16H34N2O. The number of rotatable bonds is 9. The number of hydrogen-bond donors (Lipinski definition) is 1. The van der Waals surface area contributed by atoms with Crippen LogP contribution in [0.25, 0.3) is 0 Å². The highest BCUT2D eigenvalue weighted by molar-refractivity contribution is 4.85. The number of ether oxygens (including phenoxy) is 1. The lowest BCUT2D eigenvalue weighted by atomic mass is 10.0. The van der Waals surface area contributed by atoms with Gasteiger partial charge >= 0.3 is 0 Å². The second-order valence-corrected chi connectivity index (χ2v) is 6.27. The van der Waals surface area contributed by atoms with Crippen LogP contribution in [-0.2, 0) is 4.74 Å². The van der Waals surface area contributed by atoms with E-state index in [4.69, 9.17) is 4.74 Å². The summed E-state index contributed by atoms with van der Waals surface area (Å²) in [6.45, 7) is 14.4. The molecule has 3 nitrogen and oxygen atoms in total. The molecule has 0 aromatic rings. The molecular weight excluding hydrogens is 236 g/mol. The summed E-state index contributed by atoms with van der Waals surface area (Å²) < 4.78 is 5.69. The molecule has 1 N–H and O–H groups in total. The van der Waals surface area contributed by atoms with Gasteiger partial charge in [-0.1, -0.05) is 34.1 Å². The van der Waals surface area contributed by atoms with E-state index >= 15 is 0 Å². The van der Waals surface area contributed by atoms with Crippen LogP contribution in [0.5, 0.6) is 0 Å². The van der Waals surface area contributed by atoms with E-state index in [1.807, 2.05) is 0 Å². The number of piperazine rings is 1. The zero-order chi connectivity index (χ0) is 14.1. The second kappa shape index (κ2) is 9.73. The van der Waals surface area contributed by atoms with E-state index < -0.39 is 0 Å². The average molecular weight is 270 g/mol. The van der Waals surface area contributed by atoms with Crippen LogP contribution < -0.4 is 5.32 Å². The fourth-order valence-corrected chi connectivity index (χ4v) is 2.84. The van der Waals surface area contributed by atoms with E-state index in [-0.39, 0.29) is 0 Å². The molecule has 114 valence electrons. The van der Waals surface area contributed by atoms with Gasteiger partial charge in [0.2, 0.25) is 0 Å². The van der Waals surface area contributed by atoms with Gasteiger partial charge in [-0.05, 0) is 25.2 Å². The SMILES string of the molecule is CCCC1CN(CCCOCC(C)C)C(CC)CN1. The van der Waals surface area contributed by atoms with Gasteiger partial charge in [-0.15, -0.1) is 0 Å². The quantitative estimate of drug-likeness (QED) is 0.652. The van der Waals surface area contributed by atoms with E-state index in [1.165, 1.54) is 38.8 Å². The molecule has 0 aromatic heterocycles. The molecule has 0 amide bonds. The average Bonchev–Trinajstić information content (AvgIpc) is 2.38. The Labute approximate surface area is 120 Å². The largest absolute Gasteiger partial charge is 0.381 e. The van der Waals surface area contributed by atoms with Crippen LogP contribution in [0.2, 0.25) is 0 Å². The molecule has 1 fully saturated rings. The minimum absolute atomic E-state index is 0.650. The Kier molecular flexibility index (Phi) is 8.67. The van der Waals surface area contributed by atoms with E-state index in [0.717, 1.165) is 25.8 Å². The fourth-order valence-electron chi connectivity index (χ4n) is 2.84. The maximum Gasteiger partial charge on any atom is 0.0489 e. The maximum absolute atomic E-state index is 5.69. The van der Waals surface area contributed by atoms with Gasteiger partial charge in [0.15, 0.2) is 0 Å². The van der Waals surface area contributed by atoms with Crippen molar-refractivity contribution in [3.05, 3.63) is 0 Å². The van der Waals surface area contributed by atoms with E-state index in [2.05, 4.69) is 37.9 Å². The highest BCUT2D eigenvalue weighted by Gasteiger charge is 2.25. The van der Waals surface area contributed by atoms with Crippen molar-refractivity contribution in [2.45, 2.75) is 65.5 Å². The Hall–Kier alpha value is -0.120. The molecule has 1 aliphatic rings. The molecule has 1 aliphatic heterocycles. The molecule has 1 saturated heterocycles. The number of nitrogens with zero attached hydrogens (tertiary/aromatic N) is 1. The Bertz CT molecular complexity index is 221. The zero-order valence-electron chi connectivity index (χ0n) is 13.5. The van der Waals surface area contributed by atoms with Gasteiger partial charge in [-0.2, -0.15) is 0 Å². The fraction of sp³-hybridized carbons (Fsp3) is 1.00. The molecule has 1 rings (SSSR count). The first-order chi connectivity index (χ1) is 9.17. The van der Waals surface area contributed by atoms with Crippen LogP contribution in [0, 0.1) is 5.92 Å². The van der Waals surface area contributed by atoms with Gasteiger partial charge in [-0.3, -0.25) is 4.90 Å². The zero-order valence-corrected chi connectivity index (χ0v) is 13.5. The van der Waals surface area contributed by atoms with Crippen molar-refractivity contribution in [3.8, 4) is 0 Å². The summed E-state index contributed by atoms with van der Waals surface area (Å²) in [7, 11) is 0. The van der Waals surface area contributed by atoms with E-state index in [9.17, 15) is 0 Å². The Morgan fingerprint density at radius 3 is 2.74 bits per heavy atom. The minimum Gasteiger partial charge on any atom is -0.381 e. The number of hydrogen-bond acceptors (Lipinski definition) is 3. The lowest BCUT2D eigenvalue weighted by molar-refractivity contribution is 0.0787. The molecule has 0 aliphatic carbocycles. The highest BCUT2D eigenvalue weighted by atomic mass is 16.5. The summed E-state index contributed by atoms with van der Waals surface area (Å²) in [6.07, 6.45) is 5.00. The molecule has 0 saturated carbocycles. The van der Waals surface area contributed by atoms with Gasteiger partial charge in [0.25, 0.3) is 0 Å². The summed E-state index contributed by atoms with van der Waals surface area (Å²) in [5.41, 5.74) is 0. The van der Waals surface area contributed by atoms with Crippen molar-refractivity contribution in [2.75, 3.05) is 32.8 Å². The molecule has 1 heterocycles. The molecule has 2 unspecified atom stereocenters. The molecule has 0 aromatic carbocycles. The van der Waals surface area contributed by atoms with Crippen LogP contribution in [0.15, 0.2) is 0 Å². The topological polar surface area (TPSA) is 24.5 Å². The lowest BCUT2D eigenvalue weighted by Gasteiger charge is -2.40. The third kappa shape index (κ3) is 6.73. The van der Waals surface area contributed by atoms with Crippen molar-refractivity contribution in [1.82, 2.24) is 10.2 Å². The smallest absolute Gasteiger partial charge is 0.0489 e. The van der Waals surface area contributed by atoms with Crippen molar-refractivity contribution in [2.24, 2.45) is 5.92 Å². The van der Waals surface area contributed by atoms with Gasteiger partial charge < -0.3 is 10.1 Å². The van der Waals surface area contributed by atoms with Crippen LogP contribution in [0.3, 0.4) is 0 Å². The van der Waals surface area contributed by atoms with Gasteiger partial charge in [0.05, 0.1) is 0 Å². The first-order valence-corrected chi connectivity index (χ1v) is 8.22. The van der Waals surface area contributed by atoms with E-state index in [1.54, 1.807) is 0 Å². The lowest BCUT2D eigenvalue weighted by Crippen LogP contribution is -2.56. The first-order valence-electron chi connectivity index (χ1n) is 8.22. The van der Waals surface area contributed by atoms with Crippen LogP contribution in [0.4, 0.5) is 0 Å². The molecule has 2 atom stereocenters. The maximum atomic E-state index is 5.69. The summed E-state index contributed by atoms with van der Waals surface area (Å²) >= 11 is 0. The van der Waals surface area contributed by atoms with Crippen LogP contribution >= 0.6 is 0 Å². The first kappa shape index (κ1) is 16.9. The molecule has 0 spiro atoms. The van der Waals surface area contributed by atoms with Crippen molar-refractivity contribution in [1.29, 1.82) is 0 Å². The third-order valence-corrected chi connectivity index (χ3v) is 3.91. The summed E-state index contributed by atoms with van der Waals surface area (Å²) in [6, 6.07) is 1.42. The summed E-state index contributed by atoms with van der Waals surface area (Å²) in [4.78, 5) is 2.68. The Morgan fingerprint density at radius 1 is 1.32 bits per heavy atom. The summed E-state index contributed by atoms with van der Waals surface area (Å²) in [5.74, 6) is 0.650. The second-order valence-electron chi connectivity index (χ2n) is 6.27. The number of nitrogens with one attached hydrogen (secondary N) is 1. The van der Waals surface area contributed by atoms with Crippen LogP contribution in [-0.4, -0.2) is 49.8 Å². The van der Waals surface area contributed by atoms with Crippen molar-refractivity contribution >= 4 is 0 Å². The summed E-state index contributed by atoms with van der Waals surface area (Å²) in [5, 5.41) is 3.69. The standard InChI is InChI=1S/C16H34N2O/c1-5-8-15-12-18(16(6-2)11-17-15)9-7-10-19-13-14(3)4/h14-17H,5-13H2,1-4H3. The monoisotopic (exact) mass is 270 g/mol. The van der Waals surface area contributed by atoms with Gasteiger partial charge in [0, 0.05) is 44.9 Å². The van der Waals surface area contributed by atoms with Crippen molar-refractivity contribution < 1.29 is 4.74 Å². The highest BCUT2D eigenvalue weighted by Crippen LogP contribution is 2.13. The third-order valence-electron chi connectivity index (χ3n) is 3.91. The predicted molar refractivity (Wildman–Crippen MR) is 82.6 cm³/mol. The molecule has 19 heavy (non-hydrogen) atoms. The molecule has 0 bridgehead atoms.